The van der Waals surface area contributed by atoms with Crippen molar-refractivity contribution in [3.05, 3.63) is 29.8 Å². The van der Waals surface area contributed by atoms with Crippen LogP contribution in [0.2, 0.25) is 0 Å². The number of likely N-dealkylation sites (tertiary alicyclic amines) is 1. The van der Waals surface area contributed by atoms with Crippen LogP contribution >= 0.6 is 0 Å². The van der Waals surface area contributed by atoms with Crippen LogP contribution in [0.4, 0.5) is 5.69 Å². The molecule has 1 N–H and O–H groups in total. The number of fused-ring (bicyclic) bond motifs is 1. The zero-order chi connectivity index (χ0) is 19.5. The number of benzene rings is 1. The third-order valence-corrected chi connectivity index (χ3v) is 6.21. The van der Waals surface area contributed by atoms with Crippen LogP contribution < -0.4 is 5.32 Å². The molecule has 3 aliphatic rings. The number of hydrogen-bond acceptors (Lipinski definition) is 4. The number of rotatable bonds is 3. The monoisotopic (exact) mass is 381 g/mol. The summed E-state index contributed by atoms with van der Waals surface area (Å²) in [4.78, 5) is 44.1. The molecular formula is C22H27N3O3. The molecule has 1 aromatic carbocycles. The van der Waals surface area contributed by atoms with Crippen molar-refractivity contribution in [3.8, 4) is 0 Å². The van der Waals surface area contributed by atoms with Crippen LogP contribution in [-0.2, 0) is 9.59 Å². The molecule has 0 spiro atoms. The van der Waals surface area contributed by atoms with E-state index in [1.54, 1.807) is 23.1 Å². The second-order valence-corrected chi connectivity index (χ2v) is 8.08. The first kappa shape index (κ1) is 18.8. The molecule has 148 valence electrons. The molecule has 1 unspecified atom stereocenters. The lowest BCUT2D eigenvalue weighted by atomic mass is 9.90. The molecule has 2 fully saturated rings. The molecule has 0 bridgehead atoms. The zero-order valence-electron chi connectivity index (χ0n) is 16.1. The van der Waals surface area contributed by atoms with E-state index in [1.165, 1.54) is 25.5 Å². The van der Waals surface area contributed by atoms with Crippen LogP contribution in [0, 0.1) is 11.8 Å². The lowest BCUT2D eigenvalue weighted by Gasteiger charge is -2.34. The third kappa shape index (κ3) is 3.86. The van der Waals surface area contributed by atoms with Crippen LogP contribution in [0.1, 0.15) is 55.3 Å². The van der Waals surface area contributed by atoms with Crippen molar-refractivity contribution in [1.29, 1.82) is 0 Å². The maximum Gasteiger partial charge on any atom is 0.239 e. The Balaban J connectivity index is 1.32. The minimum Gasteiger partial charge on any atom is -0.353 e. The summed E-state index contributed by atoms with van der Waals surface area (Å²) in [5.41, 5.74) is 1.12. The van der Waals surface area contributed by atoms with Gasteiger partial charge in [0.2, 0.25) is 11.8 Å². The summed E-state index contributed by atoms with van der Waals surface area (Å²) in [6.45, 7) is 1.03. The van der Waals surface area contributed by atoms with Gasteiger partial charge in [-0.2, -0.15) is 0 Å². The van der Waals surface area contributed by atoms with Gasteiger partial charge in [-0.05, 0) is 37.8 Å². The molecule has 6 nitrogen and oxygen atoms in total. The van der Waals surface area contributed by atoms with Crippen molar-refractivity contribution in [2.45, 2.75) is 51.0 Å². The van der Waals surface area contributed by atoms with Gasteiger partial charge in [0.25, 0.3) is 0 Å². The molecule has 28 heavy (non-hydrogen) atoms. The highest BCUT2D eigenvalue weighted by Crippen LogP contribution is 2.28. The first-order chi connectivity index (χ1) is 13.6. The normalized spacial score (nSPS) is 23.4. The highest BCUT2D eigenvalue weighted by molar-refractivity contribution is 6.23. The van der Waals surface area contributed by atoms with E-state index in [0.29, 0.717) is 43.2 Å². The Labute approximate surface area is 165 Å². The summed E-state index contributed by atoms with van der Waals surface area (Å²) in [6, 6.07) is 7.43. The number of Topliss-reactive ketones (excluding diaryl/α,β-unsaturated/α-hetero) is 1. The van der Waals surface area contributed by atoms with Gasteiger partial charge in [-0.15, -0.1) is 0 Å². The van der Waals surface area contributed by atoms with Crippen molar-refractivity contribution in [2.75, 3.05) is 13.1 Å². The molecule has 6 heteroatoms. The first-order valence-corrected chi connectivity index (χ1v) is 10.4. The molecule has 0 aromatic heterocycles. The summed E-state index contributed by atoms with van der Waals surface area (Å²) >= 11 is 0. The van der Waals surface area contributed by atoms with Gasteiger partial charge in [-0.3, -0.25) is 19.4 Å². The second kappa shape index (κ2) is 8.25. The Morgan fingerprint density at radius 2 is 1.71 bits per heavy atom. The molecule has 0 radical (unpaired) electrons. The number of nitrogens with zero attached hydrogens (tertiary/aromatic N) is 2. The van der Waals surface area contributed by atoms with E-state index in [2.05, 4.69) is 10.3 Å². The van der Waals surface area contributed by atoms with Gasteiger partial charge in [-0.25, -0.2) is 0 Å². The number of hydrogen-bond donors (Lipinski definition) is 1. The molecule has 2 aliphatic heterocycles. The van der Waals surface area contributed by atoms with Gasteiger partial charge >= 0.3 is 0 Å². The number of aliphatic imine (C=N–C) groups is 1. The summed E-state index contributed by atoms with van der Waals surface area (Å²) in [5.74, 6) is -1.14. The Bertz CT molecular complexity index is 790. The first-order valence-electron chi connectivity index (χ1n) is 10.4. The minimum atomic E-state index is -0.845. The number of amides is 2. The van der Waals surface area contributed by atoms with E-state index >= 15 is 0 Å². The topological polar surface area (TPSA) is 78.8 Å². The van der Waals surface area contributed by atoms with Crippen LogP contribution in [0.25, 0.3) is 0 Å². The van der Waals surface area contributed by atoms with Crippen molar-refractivity contribution in [1.82, 2.24) is 10.2 Å². The number of piperidine rings is 1. The number of nitrogens with one attached hydrogen (secondary N) is 1. The predicted octanol–water partition coefficient (Wildman–Crippen LogP) is 2.89. The van der Waals surface area contributed by atoms with Crippen molar-refractivity contribution < 1.29 is 14.4 Å². The number of carbonyl (C=O) groups excluding carboxylic acids is 3. The summed E-state index contributed by atoms with van der Waals surface area (Å²) in [6.07, 6.45) is 8.57. The molecule has 2 heterocycles. The largest absolute Gasteiger partial charge is 0.353 e. The maximum atomic E-state index is 12.9. The van der Waals surface area contributed by atoms with Crippen molar-refractivity contribution >= 4 is 29.5 Å². The molecule has 4 rings (SSSR count). The van der Waals surface area contributed by atoms with E-state index in [9.17, 15) is 14.4 Å². The lowest BCUT2D eigenvalue weighted by Crippen LogP contribution is -2.48. The lowest BCUT2D eigenvalue weighted by molar-refractivity contribution is -0.136. The van der Waals surface area contributed by atoms with Gasteiger partial charge in [0.05, 0.1) is 5.69 Å². The smallest absolute Gasteiger partial charge is 0.239 e. The average Bonchev–Trinajstić information content (AvgIpc) is 2.74. The number of ketones is 1. The van der Waals surface area contributed by atoms with E-state index in [-0.39, 0.29) is 23.5 Å². The number of carbonyl (C=O) groups is 3. The average molecular weight is 381 g/mol. The van der Waals surface area contributed by atoms with E-state index in [4.69, 9.17) is 0 Å². The SMILES string of the molecule is O=C(NC1CCCCC1)C1CCN(C(=O)C2C=Nc3ccccc3C2=O)CC1. The molecule has 1 aliphatic carbocycles. The Morgan fingerprint density at radius 1 is 1.00 bits per heavy atom. The molecule has 1 aromatic rings. The van der Waals surface area contributed by atoms with Gasteiger partial charge in [0, 0.05) is 36.8 Å². The standard InChI is InChI=1S/C22H27N3O3/c26-20-17-8-4-5-9-19(17)23-14-18(20)22(28)25-12-10-15(11-13-25)21(27)24-16-6-2-1-3-7-16/h4-5,8-9,14-16,18H,1-3,6-7,10-13H2,(H,24,27). The molecule has 1 saturated carbocycles. The minimum absolute atomic E-state index is 0.0394. The fraction of sp³-hybridized carbons (Fsp3) is 0.545. The van der Waals surface area contributed by atoms with E-state index in [1.807, 2.05) is 6.07 Å². The van der Waals surface area contributed by atoms with E-state index in [0.717, 1.165) is 12.8 Å². The third-order valence-electron chi connectivity index (χ3n) is 6.21. The van der Waals surface area contributed by atoms with E-state index < -0.39 is 5.92 Å². The quantitative estimate of drug-likeness (QED) is 0.818. The molecule has 1 saturated heterocycles. The Hall–Kier alpha value is -2.50. The fourth-order valence-corrected chi connectivity index (χ4v) is 4.49. The van der Waals surface area contributed by atoms with Crippen LogP contribution in [0.15, 0.2) is 29.3 Å². The van der Waals surface area contributed by atoms with Crippen molar-refractivity contribution in [2.24, 2.45) is 16.8 Å². The second-order valence-electron chi connectivity index (χ2n) is 8.08. The van der Waals surface area contributed by atoms with Gasteiger partial charge in [0.1, 0.15) is 5.92 Å². The van der Waals surface area contributed by atoms with Crippen LogP contribution in [0.5, 0.6) is 0 Å². The van der Waals surface area contributed by atoms with Crippen LogP contribution in [-0.4, -0.2) is 47.8 Å². The highest BCUT2D eigenvalue weighted by Gasteiger charge is 2.36. The molecular weight excluding hydrogens is 354 g/mol. The zero-order valence-corrected chi connectivity index (χ0v) is 16.1. The summed E-state index contributed by atoms with van der Waals surface area (Å²) in [5, 5.41) is 3.20. The Morgan fingerprint density at radius 3 is 2.46 bits per heavy atom. The maximum absolute atomic E-state index is 12.9. The van der Waals surface area contributed by atoms with Crippen LogP contribution in [0.3, 0.4) is 0 Å². The summed E-state index contributed by atoms with van der Waals surface area (Å²) < 4.78 is 0. The molecule has 2 amide bonds. The Kier molecular flexibility index (Phi) is 5.55. The van der Waals surface area contributed by atoms with Gasteiger partial charge < -0.3 is 10.2 Å². The summed E-state index contributed by atoms with van der Waals surface area (Å²) in [7, 11) is 0. The van der Waals surface area contributed by atoms with Crippen molar-refractivity contribution in [3.63, 3.8) is 0 Å². The number of para-hydroxylation sites is 1. The highest BCUT2D eigenvalue weighted by atomic mass is 16.2. The predicted molar refractivity (Wildman–Crippen MR) is 107 cm³/mol. The molecule has 1 atom stereocenters. The fourth-order valence-electron chi connectivity index (χ4n) is 4.49. The van der Waals surface area contributed by atoms with Gasteiger partial charge in [0.15, 0.2) is 5.78 Å². The van der Waals surface area contributed by atoms with Gasteiger partial charge in [-0.1, -0.05) is 31.4 Å².